The predicted molar refractivity (Wildman–Crippen MR) is 79.5 cm³/mol. The standard InChI is InChI=1S/C15H19FN4O/c1-11-7-13(16)3-4-14(11)19-15(21)8-18-12(2)9-20-6-5-17-10-20/h3-7,10,12,18H,8-9H2,1-2H3,(H,19,21). The van der Waals surface area contributed by atoms with Crippen molar-refractivity contribution in [2.75, 3.05) is 11.9 Å². The summed E-state index contributed by atoms with van der Waals surface area (Å²) in [5.41, 5.74) is 1.33. The number of halogens is 1. The Morgan fingerprint density at radius 3 is 2.95 bits per heavy atom. The summed E-state index contributed by atoms with van der Waals surface area (Å²) in [5.74, 6) is -0.459. The Bertz CT molecular complexity index is 598. The van der Waals surface area contributed by atoms with Crippen LogP contribution in [0.1, 0.15) is 12.5 Å². The van der Waals surface area contributed by atoms with Gasteiger partial charge in [0.25, 0.3) is 0 Å². The molecule has 1 aromatic heterocycles. The molecule has 112 valence electrons. The summed E-state index contributed by atoms with van der Waals surface area (Å²) in [6.07, 6.45) is 5.33. The second kappa shape index (κ2) is 6.99. The molecule has 0 spiro atoms. The second-order valence-electron chi connectivity index (χ2n) is 5.05. The number of aryl methyl sites for hydroxylation is 1. The van der Waals surface area contributed by atoms with E-state index in [1.807, 2.05) is 17.7 Å². The van der Waals surface area contributed by atoms with E-state index in [0.717, 1.165) is 6.54 Å². The summed E-state index contributed by atoms with van der Waals surface area (Å²) in [6.45, 7) is 4.69. The van der Waals surface area contributed by atoms with Crippen LogP contribution >= 0.6 is 0 Å². The molecule has 2 rings (SSSR count). The molecule has 0 radical (unpaired) electrons. The minimum absolute atomic E-state index is 0.138. The number of aromatic nitrogens is 2. The molecule has 5 nitrogen and oxygen atoms in total. The van der Waals surface area contributed by atoms with Gasteiger partial charge in [0, 0.05) is 30.7 Å². The number of rotatable bonds is 6. The molecule has 1 heterocycles. The minimum atomic E-state index is -0.308. The average molecular weight is 290 g/mol. The third-order valence-electron chi connectivity index (χ3n) is 3.12. The first-order valence-electron chi connectivity index (χ1n) is 6.79. The van der Waals surface area contributed by atoms with Crippen molar-refractivity contribution in [1.29, 1.82) is 0 Å². The first-order chi connectivity index (χ1) is 10.0. The molecule has 1 amide bonds. The van der Waals surface area contributed by atoms with Gasteiger partial charge in [0.05, 0.1) is 12.9 Å². The van der Waals surface area contributed by atoms with Crippen LogP contribution in [0.2, 0.25) is 0 Å². The Balaban J connectivity index is 1.79. The highest BCUT2D eigenvalue weighted by Crippen LogP contribution is 2.15. The van der Waals surface area contributed by atoms with Crippen LogP contribution in [0.5, 0.6) is 0 Å². The van der Waals surface area contributed by atoms with E-state index in [2.05, 4.69) is 15.6 Å². The summed E-state index contributed by atoms with van der Waals surface area (Å²) < 4.78 is 14.9. The van der Waals surface area contributed by atoms with E-state index < -0.39 is 0 Å². The van der Waals surface area contributed by atoms with Crippen molar-refractivity contribution in [3.8, 4) is 0 Å². The molecule has 6 heteroatoms. The number of imidazole rings is 1. The lowest BCUT2D eigenvalue weighted by Gasteiger charge is -2.14. The summed E-state index contributed by atoms with van der Waals surface area (Å²) >= 11 is 0. The van der Waals surface area contributed by atoms with Crippen LogP contribution in [0.25, 0.3) is 0 Å². The molecule has 0 aliphatic carbocycles. The van der Waals surface area contributed by atoms with E-state index in [1.165, 1.54) is 12.1 Å². The van der Waals surface area contributed by atoms with Crippen LogP contribution in [0.15, 0.2) is 36.9 Å². The number of carbonyl (C=O) groups is 1. The molecule has 0 aliphatic heterocycles. The molecule has 2 aromatic rings. The highest BCUT2D eigenvalue weighted by Gasteiger charge is 2.08. The summed E-state index contributed by atoms with van der Waals surface area (Å²) in [6, 6.07) is 4.43. The summed E-state index contributed by atoms with van der Waals surface area (Å²) in [5, 5.41) is 5.90. The van der Waals surface area contributed by atoms with Gasteiger partial charge in [-0.1, -0.05) is 0 Å². The number of nitrogens with zero attached hydrogens (tertiary/aromatic N) is 2. The van der Waals surface area contributed by atoms with Crippen molar-refractivity contribution >= 4 is 11.6 Å². The van der Waals surface area contributed by atoms with Gasteiger partial charge >= 0.3 is 0 Å². The Morgan fingerprint density at radius 1 is 1.48 bits per heavy atom. The van der Waals surface area contributed by atoms with E-state index in [9.17, 15) is 9.18 Å². The number of benzene rings is 1. The zero-order valence-corrected chi connectivity index (χ0v) is 12.1. The van der Waals surface area contributed by atoms with Crippen LogP contribution in [-0.2, 0) is 11.3 Å². The van der Waals surface area contributed by atoms with Gasteiger partial charge in [0.2, 0.25) is 5.91 Å². The fraction of sp³-hybridized carbons (Fsp3) is 0.333. The number of hydrogen-bond acceptors (Lipinski definition) is 3. The molecular formula is C15H19FN4O. The van der Waals surface area contributed by atoms with Crippen molar-refractivity contribution in [2.45, 2.75) is 26.4 Å². The SMILES string of the molecule is Cc1cc(F)ccc1NC(=O)CNC(C)Cn1ccnc1. The third-order valence-corrected chi connectivity index (χ3v) is 3.12. The Labute approximate surface area is 123 Å². The van der Waals surface area contributed by atoms with Crippen molar-refractivity contribution in [3.63, 3.8) is 0 Å². The van der Waals surface area contributed by atoms with Crippen molar-refractivity contribution < 1.29 is 9.18 Å². The van der Waals surface area contributed by atoms with Gasteiger partial charge in [0.1, 0.15) is 5.82 Å². The van der Waals surface area contributed by atoms with E-state index in [4.69, 9.17) is 0 Å². The van der Waals surface area contributed by atoms with Crippen LogP contribution in [0.3, 0.4) is 0 Å². The first kappa shape index (κ1) is 15.2. The third kappa shape index (κ3) is 4.68. The number of nitrogens with one attached hydrogen (secondary N) is 2. The summed E-state index contributed by atoms with van der Waals surface area (Å²) in [7, 11) is 0. The Kier molecular flexibility index (Phi) is 5.05. The molecular weight excluding hydrogens is 271 g/mol. The van der Waals surface area contributed by atoms with Gasteiger partial charge in [-0.2, -0.15) is 0 Å². The molecule has 0 saturated carbocycles. The molecule has 0 saturated heterocycles. The van der Waals surface area contributed by atoms with E-state index >= 15 is 0 Å². The highest BCUT2D eigenvalue weighted by molar-refractivity contribution is 5.92. The van der Waals surface area contributed by atoms with Gasteiger partial charge in [-0.3, -0.25) is 4.79 Å². The molecule has 0 aliphatic rings. The summed E-state index contributed by atoms with van der Waals surface area (Å²) in [4.78, 5) is 15.8. The molecule has 1 atom stereocenters. The maximum absolute atomic E-state index is 13.0. The molecule has 0 fully saturated rings. The van der Waals surface area contributed by atoms with Crippen molar-refractivity contribution in [1.82, 2.24) is 14.9 Å². The fourth-order valence-corrected chi connectivity index (χ4v) is 2.00. The topological polar surface area (TPSA) is 59.0 Å². The fourth-order valence-electron chi connectivity index (χ4n) is 2.00. The maximum Gasteiger partial charge on any atom is 0.238 e. The number of carbonyl (C=O) groups excluding carboxylic acids is 1. The zero-order valence-electron chi connectivity index (χ0n) is 12.1. The van der Waals surface area contributed by atoms with Crippen LogP contribution in [0.4, 0.5) is 10.1 Å². The lowest BCUT2D eigenvalue weighted by atomic mass is 10.2. The van der Waals surface area contributed by atoms with Crippen molar-refractivity contribution in [2.24, 2.45) is 0 Å². The number of hydrogen-bond donors (Lipinski definition) is 2. The minimum Gasteiger partial charge on any atom is -0.336 e. The average Bonchev–Trinajstić information content (AvgIpc) is 2.92. The lowest BCUT2D eigenvalue weighted by molar-refractivity contribution is -0.115. The number of anilines is 1. The van der Waals surface area contributed by atoms with Gasteiger partial charge < -0.3 is 15.2 Å². The number of amides is 1. The monoisotopic (exact) mass is 290 g/mol. The van der Waals surface area contributed by atoms with Crippen LogP contribution in [-0.4, -0.2) is 28.0 Å². The van der Waals surface area contributed by atoms with Gasteiger partial charge in [0.15, 0.2) is 0 Å². The molecule has 0 bridgehead atoms. The predicted octanol–water partition coefficient (Wildman–Crippen LogP) is 1.95. The zero-order chi connectivity index (χ0) is 15.2. The largest absolute Gasteiger partial charge is 0.336 e. The maximum atomic E-state index is 13.0. The molecule has 1 aromatic carbocycles. The quantitative estimate of drug-likeness (QED) is 0.855. The van der Waals surface area contributed by atoms with Crippen LogP contribution < -0.4 is 10.6 Å². The van der Waals surface area contributed by atoms with Gasteiger partial charge in [-0.15, -0.1) is 0 Å². The normalized spacial score (nSPS) is 12.1. The van der Waals surface area contributed by atoms with Gasteiger partial charge in [-0.05, 0) is 37.6 Å². The Morgan fingerprint density at radius 2 is 2.29 bits per heavy atom. The molecule has 2 N–H and O–H groups in total. The van der Waals surface area contributed by atoms with Gasteiger partial charge in [-0.25, -0.2) is 9.37 Å². The van der Waals surface area contributed by atoms with E-state index in [0.29, 0.717) is 11.3 Å². The van der Waals surface area contributed by atoms with E-state index in [-0.39, 0.29) is 24.3 Å². The van der Waals surface area contributed by atoms with Crippen molar-refractivity contribution in [3.05, 3.63) is 48.3 Å². The first-order valence-corrected chi connectivity index (χ1v) is 6.79. The molecule has 1 unspecified atom stereocenters. The smallest absolute Gasteiger partial charge is 0.238 e. The van der Waals surface area contributed by atoms with E-state index in [1.54, 1.807) is 25.5 Å². The lowest BCUT2D eigenvalue weighted by Crippen LogP contribution is -2.36. The van der Waals surface area contributed by atoms with Crippen LogP contribution in [0, 0.1) is 12.7 Å². The Hall–Kier alpha value is -2.21. The highest BCUT2D eigenvalue weighted by atomic mass is 19.1. The molecule has 21 heavy (non-hydrogen) atoms. The second-order valence-corrected chi connectivity index (χ2v) is 5.05.